The Morgan fingerprint density at radius 3 is 2.90 bits per heavy atom. The molecule has 3 N–H and O–H groups in total. The predicted molar refractivity (Wildman–Crippen MR) is 82.6 cm³/mol. The summed E-state index contributed by atoms with van der Waals surface area (Å²) in [5.41, 5.74) is 4.99. The molecule has 4 nitrogen and oxygen atoms in total. The number of hydrogen-bond acceptors (Lipinski definition) is 4. The van der Waals surface area contributed by atoms with Gasteiger partial charge < -0.3 is 11.1 Å². The zero-order chi connectivity index (χ0) is 14.4. The predicted octanol–water partition coefficient (Wildman–Crippen LogP) is 2.34. The molecule has 5 heteroatoms. The van der Waals surface area contributed by atoms with Crippen LogP contribution in [0.15, 0.2) is 29.4 Å². The first-order valence-corrected chi connectivity index (χ1v) is 8.20. The Kier molecular flexibility index (Phi) is 5.43. The summed E-state index contributed by atoms with van der Waals surface area (Å²) in [6, 6.07) is 6.44. The molecule has 0 aliphatic heterocycles. The van der Waals surface area contributed by atoms with E-state index >= 15 is 0 Å². The topological polar surface area (TPSA) is 68.0 Å². The molecule has 1 atom stereocenters. The van der Waals surface area contributed by atoms with Crippen LogP contribution in [0, 0.1) is 0 Å². The van der Waals surface area contributed by atoms with E-state index in [9.17, 15) is 4.79 Å². The van der Waals surface area contributed by atoms with E-state index in [0.717, 1.165) is 30.0 Å². The van der Waals surface area contributed by atoms with E-state index in [0.29, 0.717) is 6.04 Å². The van der Waals surface area contributed by atoms with E-state index in [1.54, 1.807) is 11.8 Å². The summed E-state index contributed by atoms with van der Waals surface area (Å²) in [6.45, 7) is 1.93. The maximum absolute atomic E-state index is 11.6. The standard InChI is InChI=1S/C15H23N3OS/c1-15(14(16)19,18-12-7-8-12)9-3-5-11-20-13-6-2-4-10-17-13/h2,4,6,10,12,18H,3,5,7-9,11H2,1H3,(H2,16,19). The van der Waals surface area contributed by atoms with Crippen molar-refractivity contribution < 1.29 is 4.79 Å². The van der Waals surface area contributed by atoms with E-state index in [1.165, 1.54) is 12.8 Å². The van der Waals surface area contributed by atoms with Gasteiger partial charge in [-0.2, -0.15) is 0 Å². The maximum Gasteiger partial charge on any atom is 0.237 e. The van der Waals surface area contributed by atoms with Crippen LogP contribution in [0.5, 0.6) is 0 Å². The lowest BCUT2D eigenvalue weighted by Crippen LogP contribution is -2.53. The van der Waals surface area contributed by atoms with Crippen LogP contribution in [-0.4, -0.2) is 28.2 Å². The second kappa shape index (κ2) is 7.09. The first kappa shape index (κ1) is 15.3. The second-order valence-corrected chi connectivity index (χ2v) is 6.70. The number of aromatic nitrogens is 1. The number of pyridine rings is 1. The molecule has 1 aliphatic rings. The average Bonchev–Trinajstić information content (AvgIpc) is 3.23. The summed E-state index contributed by atoms with van der Waals surface area (Å²) in [6.07, 6.45) is 7.01. The molecule has 0 spiro atoms. The van der Waals surface area contributed by atoms with Gasteiger partial charge in [0.15, 0.2) is 0 Å². The zero-order valence-corrected chi connectivity index (χ0v) is 12.8. The number of nitrogens with one attached hydrogen (secondary N) is 1. The highest BCUT2D eigenvalue weighted by Crippen LogP contribution is 2.25. The third-order valence-electron chi connectivity index (χ3n) is 3.60. The number of amides is 1. The number of carbonyl (C=O) groups excluding carboxylic acids is 1. The number of hydrogen-bond donors (Lipinski definition) is 2. The van der Waals surface area contributed by atoms with E-state index in [4.69, 9.17) is 5.73 Å². The third kappa shape index (κ3) is 4.80. The molecule has 0 bridgehead atoms. The lowest BCUT2D eigenvalue weighted by molar-refractivity contribution is -0.124. The van der Waals surface area contributed by atoms with E-state index in [2.05, 4.69) is 10.3 Å². The van der Waals surface area contributed by atoms with Gasteiger partial charge in [0.05, 0.1) is 10.6 Å². The Hall–Kier alpha value is -1.07. The molecule has 1 aromatic rings. The molecule has 1 amide bonds. The SMILES string of the molecule is CC(CCCCSc1ccccn1)(NC1CC1)C(N)=O. The first-order valence-electron chi connectivity index (χ1n) is 7.21. The minimum atomic E-state index is -0.545. The van der Waals surface area contributed by atoms with Crippen LogP contribution < -0.4 is 11.1 Å². The van der Waals surface area contributed by atoms with Gasteiger partial charge in [-0.1, -0.05) is 12.5 Å². The van der Waals surface area contributed by atoms with Crippen molar-refractivity contribution in [3.63, 3.8) is 0 Å². The molecule has 0 radical (unpaired) electrons. The summed E-state index contributed by atoms with van der Waals surface area (Å²) in [4.78, 5) is 15.9. The van der Waals surface area contributed by atoms with Crippen molar-refractivity contribution in [2.24, 2.45) is 5.73 Å². The third-order valence-corrected chi connectivity index (χ3v) is 4.63. The number of rotatable bonds is 9. The maximum atomic E-state index is 11.6. The molecule has 110 valence electrons. The van der Waals surface area contributed by atoms with Crippen LogP contribution in [0.25, 0.3) is 0 Å². The number of primary amides is 1. The number of carbonyl (C=O) groups is 1. The fourth-order valence-corrected chi connectivity index (χ4v) is 3.00. The molecular formula is C15H23N3OS. The van der Waals surface area contributed by atoms with E-state index in [-0.39, 0.29) is 5.91 Å². The van der Waals surface area contributed by atoms with Gasteiger partial charge in [0, 0.05) is 12.2 Å². The monoisotopic (exact) mass is 293 g/mol. The van der Waals surface area contributed by atoms with Crippen molar-refractivity contribution in [2.75, 3.05) is 5.75 Å². The smallest absolute Gasteiger partial charge is 0.237 e. The van der Waals surface area contributed by atoms with Crippen LogP contribution in [-0.2, 0) is 4.79 Å². The van der Waals surface area contributed by atoms with Crippen molar-refractivity contribution in [1.29, 1.82) is 0 Å². The van der Waals surface area contributed by atoms with Crippen molar-refractivity contribution in [3.05, 3.63) is 24.4 Å². The molecule has 1 unspecified atom stereocenters. The summed E-state index contributed by atoms with van der Waals surface area (Å²) in [5, 5.41) is 4.44. The van der Waals surface area contributed by atoms with Crippen LogP contribution in [0.3, 0.4) is 0 Å². The van der Waals surface area contributed by atoms with Gasteiger partial charge in [0.1, 0.15) is 0 Å². The van der Waals surface area contributed by atoms with Gasteiger partial charge in [-0.15, -0.1) is 11.8 Å². The van der Waals surface area contributed by atoms with Gasteiger partial charge in [-0.25, -0.2) is 4.98 Å². The molecule has 0 saturated heterocycles. The van der Waals surface area contributed by atoms with E-state index in [1.807, 2.05) is 31.3 Å². The molecule has 0 aromatic carbocycles. The van der Waals surface area contributed by atoms with E-state index < -0.39 is 5.54 Å². The Morgan fingerprint density at radius 1 is 1.50 bits per heavy atom. The minimum Gasteiger partial charge on any atom is -0.368 e. The zero-order valence-electron chi connectivity index (χ0n) is 12.0. The lowest BCUT2D eigenvalue weighted by Gasteiger charge is -2.27. The Labute approximate surface area is 124 Å². The molecule has 1 fully saturated rings. The summed E-state index contributed by atoms with van der Waals surface area (Å²) in [5.74, 6) is 0.789. The number of nitrogens with zero attached hydrogens (tertiary/aromatic N) is 1. The van der Waals surface area contributed by atoms with Crippen molar-refractivity contribution >= 4 is 17.7 Å². The van der Waals surface area contributed by atoms with Gasteiger partial charge in [0.2, 0.25) is 5.91 Å². The van der Waals surface area contributed by atoms with Gasteiger partial charge in [-0.05, 0) is 50.5 Å². The molecule has 2 rings (SSSR count). The largest absolute Gasteiger partial charge is 0.368 e. The van der Waals surface area contributed by atoms with Crippen LogP contribution in [0.4, 0.5) is 0 Å². The van der Waals surface area contributed by atoms with Crippen molar-refractivity contribution in [2.45, 2.75) is 55.6 Å². The summed E-state index contributed by atoms with van der Waals surface area (Å²) in [7, 11) is 0. The highest BCUT2D eigenvalue weighted by Gasteiger charge is 2.36. The Morgan fingerprint density at radius 2 is 2.30 bits per heavy atom. The average molecular weight is 293 g/mol. The van der Waals surface area contributed by atoms with Gasteiger partial charge in [0.25, 0.3) is 0 Å². The Bertz CT molecular complexity index is 436. The minimum absolute atomic E-state index is 0.234. The van der Waals surface area contributed by atoms with Gasteiger partial charge in [-0.3, -0.25) is 4.79 Å². The fraction of sp³-hybridized carbons (Fsp3) is 0.600. The normalized spacial score (nSPS) is 17.6. The Balaban J connectivity index is 1.67. The number of nitrogens with two attached hydrogens (primary N) is 1. The first-order chi connectivity index (χ1) is 9.60. The van der Waals surface area contributed by atoms with Crippen molar-refractivity contribution in [3.8, 4) is 0 Å². The summed E-state index contributed by atoms with van der Waals surface area (Å²) < 4.78 is 0. The highest BCUT2D eigenvalue weighted by atomic mass is 32.2. The highest BCUT2D eigenvalue weighted by molar-refractivity contribution is 7.99. The number of unbranched alkanes of at least 4 members (excludes halogenated alkanes) is 1. The molecular weight excluding hydrogens is 270 g/mol. The van der Waals surface area contributed by atoms with Crippen LogP contribution in [0.1, 0.15) is 39.0 Å². The molecule has 1 aromatic heterocycles. The number of thioether (sulfide) groups is 1. The van der Waals surface area contributed by atoms with Crippen LogP contribution >= 0.6 is 11.8 Å². The molecule has 1 saturated carbocycles. The molecule has 1 aliphatic carbocycles. The fourth-order valence-electron chi connectivity index (χ4n) is 2.13. The van der Waals surface area contributed by atoms with Crippen LogP contribution in [0.2, 0.25) is 0 Å². The quantitative estimate of drug-likeness (QED) is 0.542. The van der Waals surface area contributed by atoms with Crippen molar-refractivity contribution in [1.82, 2.24) is 10.3 Å². The second-order valence-electron chi connectivity index (χ2n) is 5.59. The van der Waals surface area contributed by atoms with Gasteiger partial charge >= 0.3 is 0 Å². The summed E-state index contributed by atoms with van der Waals surface area (Å²) >= 11 is 1.76. The molecule has 1 heterocycles. The lowest BCUT2D eigenvalue weighted by atomic mass is 9.94. The molecule has 20 heavy (non-hydrogen) atoms.